The van der Waals surface area contributed by atoms with Crippen LogP contribution in [-0.2, 0) is 0 Å². The Bertz CT molecular complexity index is 675. The minimum absolute atomic E-state index is 0.188. The van der Waals surface area contributed by atoms with E-state index in [9.17, 15) is 4.79 Å². The number of carbonyl (C=O) groups is 1. The van der Waals surface area contributed by atoms with Gasteiger partial charge in [-0.25, -0.2) is 0 Å². The molecule has 2 aromatic rings. The van der Waals surface area contributed by atoms with Crippen LogP contribution in [0.1, 0.15) is 27.2 Å². The number of aryl methyl sites for hydroxylation is 1. The van der Waals surface area contributed by atoms with Crippen LogP contribution in [0.3, 0.4) is 0 Å². The summed E-state index contributed by atoms with van der Waals surface area (Å²) < 4.78 is 5.03. The van der Waals surface area contributed by atoms with Crippen molar-refractivity contribution in [2.75, 3.05) is 11.9 Å². The second-order valence-electron chi connectivity index (χ2n) is 4.21. The number of benzene rings is 1. The SMILES string of the molecule is Cc1noc(NC(=O)c2ccc(C#CCO)cc2)c1C. The van der Waals surface area contributed by atoms with Crippen molar-refractivity contribution in [2.45, 2.75) is 13.8 Å². The monoisotopic (exact) mass is 270 g/mol. The van der Waals surface area contributed by atoms with E-state index in [1.807, 2.05) is 13.8 Å². The first-order chi connectivity index (χ1) is 9.61. The highest BCUT2D eigenvalue weighted by Crippen LogP contribution is 2.18. The van der Waals surface area contributed by atoms with Crippen molar-refractivity contribution in [1.82, 2.24) is 5.16 Å². The van der Waals surface area contributed by atoms with E-state index >= 15 is 0 Å². The molecule has 0 aliphatic carbocycles. The molecule has 2 rings (SSSR count). The van der Waals surface area contributed by atoms with Crippen LogP contribution in [-0.4, -0.2) is 22.8 Å². The Hall–Kier alpha value is -2.58. The van der Waals surface area contributed by atoms with E-state index in [-0.39, 0.29) is 12.5 Å². The zero-order valence-electron chi connectivity index (χ0n) is 11.2. The molecule has 102 valence electrons. The highest BCUT2D eigenvalue weighted by atomic mass is 16.5. The summed E-state index contributed by atoms with van der Waals surface area (Å²) in [5.41, 5.74) is 2.79. The molecule has 0 bridgehead atoms. The third kappa shape index (κ3) is 3.05. The molecule has 0 aliphatic rings. The molecule has 1 aromatic carbocycles. The molecular formula is C15H14N2O3. The van der Waals surface area contributed by atoms with Gasteiger partial charge in [-0.2, -0.15) is 0 Å². The lowest BCUT2D eigenvalue weighted by Gasteiger charge is -2.02. The van der Waals surface area contributed by atoms with Crippen LogP contribution < -0.4 is 5.32 Å². The van der Waals surface area contributed by atoms with Gasteiger partial charge in [-0.1, -0.05) is 17.0 Å². The first-order valence-corrected chi connectivity index (χ1v) is 6.06. The quantitative estimate of drug-likeness (QED) is 0.817. The lowest BCUT2D eigenvalue weighted by atomic mass is 10.1. The van der Waals surface area contributed by atoms with Crippen LogP contribution >= 0.6 is 0 Å². The summed E-state index contributed by atoms with van der Waals surface area (Å²) in [5.74, 6) is 5.39. The second-order valence-corrected chi connectivity index (χ2v) is 4.21. The molecule has 1 heterocycles. The number of rotatable bonds is 2. The number of hydrogen-bond donors (Lipinski definition) is 2. The fraction of sp³-hybridized carbons (Fsp3) is 0.200. The number of carbonyl (C=O) groups excluding carboxylic acids is 1. The van der Waals surface area contributed by atoms with Gasteiger partial charge in [-0.05, 0) is 38.1 Å². The number of aliphatic hydroxyl groups is 1. The van der Waals surface area contributed by atoms with E-state index in [4.69, 9.17) is 9.63 Å². The van der Waals surface area contributed by atoms with Crippen LogP contribution in [0.2, 0.25) is 0 Å². The van der Waals surface area contributed by atoms with E-state index in [1.165, 1.54) is 0 Å². The van der Waals surface area contributed by atoms with Crippen LogP contribution in [0.5, 0.6) is 0 Å². The Labute approximate surface area is 116 Å². The van der Waals surface area contributed by atoms with Gasteiger partial charge in [0.2, 0.25) is 5.88 Å². The van der Waals surface area contributed by atoms with Gasteiger partial charge < -0.3 is 9.63 Å². The highest BCUT2D eigenvalue weighted by Gasteiger charge is 2.12. The largest absolute Gasteiger partial charge is 0.384 e. The Morgan fingerprint density at radius 1 is 1.35 bits per heavy atom. The number of aliphatic hydroxyl groups excluding tert-OH is 1. The van der Waals surface area contributed by atoms with Crippen LogP contribution in [0.25, 0.3) is 0 Å². The molecule has 0 unspecified atom stereocenters. The maximum absolute atomic E-state index is 12.0. The lowest BCUT2D eigenvalue weighted by molar-refractivity contribution is 0.102. The molecular weight excluding hydrogens is 256 g/mol. The van der Waals surface area contributed by atoms with E-state index in [1.54, 1.807) is 24.3 Å². The van der Waals surface area contributed by atoms with Crippen molar-refractivity contribution in [3.8, 4) is 11.8 Å². The molecule has 0 aliphatic heterocycles. The van der Waals surface area contributed by atoms with Crippen LogP contribution in [0.4, 0.5) is 5.88 Å². The normalized spacial score (nSPS) is 9.75. The summed E-state index contributed by atoms with van der Waals surface area (Å²) in [6.45, 7) is 3.45. The van der Waals surface area contributed by atoms with Crippen molar-refractivity contribution >= 4 is 11.8 Å². The number of amides is 1. The standard InChI is InChI=1S/C15H14N2O3/c1-10-11(2)17-20-15(10)16-14(19)13-7-5-12(6-8-13)4-3-9-18/h5-8,18H,9H2,1-2H3,(H,16,19). The third-order valence-electron chi connectivity index (χ3n) is 2.84. The predicted octanol–water partition coefficient (Wildman–Crippen LogP) is 1.89. The summed E-state index contributed by atoms with van der Waals surface area (Å²) in [7, 11) is 0. The number of aromatic nitrogens is 1. The molecule has 0 spiro atoms. The van der Waals surface area contributed by atoms with Crippen molar-refractivity contribution in [2.24, 2.45) is 0 Å². The van der Waals surface area contributed by atoms with Gasteiger partial charge in [-0.15, -0.1) is 0 Å². The van der Waals surface area contributed by atoms with E-state index in [0.29, 0.717) is 11.4 Å². The Balaban J connectivity index is 2.11. The molecule has 0 fully saturated rings. The summed E-state index contributed by atoms with van der Waals surface area (Å²) in [6.07, 6.45) is 0. The molecule has 1 amide bonds. The van der Waals surface area contributed by atoms with Gasteiger partial charge in [0.25, 0.3) is 5.91 Å². The maximum Gasteiger partial charge on any atom is 0.258 e. The Morgan fingerprint density at radius 2 is 2.05 bits per heavy atom. The van der Waals surface area contributed by atoms with E-state index < -0.39 is 0 Å². The smallest absolute Gasteiger partial charge is 0.258 e. The maximum atomic E-state index is 12.0. The van der Waals surface area contributed by atoms with Gasteiger partial charge in [0.15, 0.2) is 0 Å². The molecule has 0 saturated heterocycles. The second kappa shape index (κ2) is 6.04. The molecule has 0 radical (unpaired) electrons. The van der Waals surface area contributed by atoms with Crippen molar-refractivity contribution in [3.63, 3.8) is 0 Å². The minimum atomic E-state index is -0.272. The third-order valence-corrected chi connectivity index (χ3v) is 2.84. The molecule has 0 atom stereocenters. The van der Waals surface area contributed by atoms with Gasteiger partial charge in [0, 0.05) is 16.7 Å². The Morgan fingerprint density at radius 3 is 2.60 bits per heavy atom. The predicted molar refractivity (Wildman–Crippen MR) is 74.3 cm³/mol. The average molecular weight is 270 g/mol. The van der Waals surface area contributed by atoms with Crippen molar-refractivity contribution in [3.05, 3.63) is 46.6 Å². The molecule has 5 nitrogen and oxygen atoms in total. The number of nitrogens with zero attached hydrogens (tertiary/aromatic N) is 1. The summed E-state index contributed by atoms with van der Waals surface area (Å²) >= 11 is 0. The first kappa shape index (κ1) is 13.8. The van der Waals surface area contributed by atoms with Crippen LogP contribution in [0, 0.1) is 25.7 Å². The first-order valence-electron chi connectivity index (χ1n) is 6.06. The molecule has 2 N–H and O–H groups in total. The Kier molecular flexibility index (Phi) is 4.18. The van der Waals surface area contributed by atoms with E-state index in [2.05, 4.69) is 22.3 Å². The topological polar surface area (TPSA) is 75.4 Å². The zero-order chi connectivity index (χ0) is 14.5. The number of hydrogen-bond acceptors (Lipinski definition) is 4. The fourth-order valence-electron chi connectivity index (χ4n) is 1.55. The molecule has 1 aromatic heterocycles. The highest BCUT2D eigenvalue weighted by molar-refractivity contribution is 6.03. The summed E-state index contributed by atoms with van der Waals surface area (Å²) in [4.78, 5) is 12.0. The summed E-state index contributed by atoms with van der Waals surface area (Å²) in [5, 5.41) is 15.1. The van der Waals surface area contributed by atoms with Crippen molar-refractivity contribution < 1.29 is 14.4 Å². The lowest BCUT2D eigenvalue weighted by Crippen LogP contribution is -2.11. The number of anilines is 1. The van der Waals surface area contributed by atoms with Gasteiger partial charge in [-0.3, -0.25) is 10.1 Å². The van der Waals surface area contributed by atoms with Gasteiger partial charge >= 0.3 is 0 Å². The van der Waals surface area contributed by atoms with Gasteiger partial charge in [0.05, 0.1) is 5.69 Å². The minimum Gasteiger partial charge on any atom is -0.384 e. The fourth-order valence-corrected chi connectivity index (χ4v) is 1.55. The number of nitrogens with one attached hydrogen (secondary N) is 1. The molecule has 20 heavy (non-hydrogen) atoms. The molecule has 0 saturated carbocycles. The van der Waals surface area contributed by atoms with Crippen molar-refractivity contribution in [1.29, 1.82) is 0 Å². The van der Waals surface area contributed by atoms with Crippen LogP contribution in [0.15, 0.2) is 28.8 Å². The van der Waals surface area contributed by atoms with E-state index in [0.717, 1.165) is 16.8 Å². The van der Waals surface area contributed by atoms with Gasteiger partial charge in [0.1, 0.15) is 6.61 Å². The summed E-state index contributed by atoms with van der Waals surface area (Å²) in [6, 6.07) is 6.76. The average Bonchev–Trinajstić information content (AvgIpc) is 2.77. The molecule has 5 heteroatoms. The zero-order valence-corrected chi connectivity index (χ0v) is 11.2.